The first-order valence-corrected chi connectivity index (χ1v) is 5.62. The van der Waals surface area contributed by atoms with Crippen molar-refractivity contribution in [3.05, 3.63) is 47.5 Å². The van der Waals surface area contributed by atoms with E-state index < -0.39 is 0 Å². The van der Waals surface area contributed by atoms with Crippen LogP contribution in [0.15, 0.2) is 42.5 Å². The monoisotopic (exact) mass is 243 g/mol. The molecule has 0 aliphatic rings. The quantitative estimate of drug-likeness (QED) is 0.643. The van der Waals surface area contributed by atoms with E-state index in [0.29, 0.717) is 10.7 Å². The molecular formula is C13H10ClN3. The highest BCUT2D eigenvalue weighted by molar-refractivity contribution is 6.33. The number of benzene rings is 2. The van der Waals surface area contributed by atoms with E-state index in [4.69, 9.17) is 17.3 Å². The molecule has 0 spiro atoms. The van der Waals surface area contributed by atoms with Gasteiger partial charge in [0.2, 0.25) is 0 Å². The van der Waals surface area contributed by atoms with Gasteiger partial charge in [0.15, 0.2) is 0 Å². The van der Waals surface area contributed by atoms with Crippen molar-refractivity contribution in [2.75, 3.05) is 5.73 Å². The molecule has 0 aliphatic carbocycles. The Bertz CT molecular complexity index is 655. The first-order valence-electron chi connectivity index (χ1n) is 5.25. The van der Waals surface area contributed by atoms with Crippen molar-refractivity contribution in [3.63, 3.8) is 0 Å². The number of nitrogens with two attached hydrogens (primary N) is 1. The van der Waals surface area contributed by atoms with Crippen molar-refractivity contribution in [3.8, 4) is 11.4 Å². The minimum Gasteiger partial charge on any atom is -0.397 e. The maximum Gasteiger partial charge on any atom is 0.140 e. The van der Waals surface area contributed by atoms with Crippen LogP contribution in [0, 0.1) is 0 Å². The normalized spacial score (nSPS) is 10.9. The molecule has 0 bridgehead atoms. The molecule has 0 fully saturated rings. The lowest BCUT2D eigenvalue weighted by Crippen LogP contribution is -1.92. The number of hydrogen-bond donors (Lipinski definition) is 2. The summed E-state index contributed by atoms with van der Waals surface area (Å²) in [6, 6.07) is 13.4. The van der Waals surface area contributed by atoms with E-state index in [1.807, 2.05) is 36.4 Å². The molecule has 1 heterocycles. The van der Waals surface area contributed by atoms with E-state index in [2.05, 4.69) is 9.97 Å². The second-order valence-corrected chi connectivity index (χ2v) is 4.21. The van der Waals surface area contributed by atoms with E-state index in [1.54, 1.807) is 6.07 Å². The number of fused-ring (bicyclic) bond motifs is 1. The van der Waals surface area contributed by atoms with Crippen LogP contribution in [-0.2, 0) is 0 Å². The van der Waals surface area contributed by atoms with Crippen molar-refractivity contribution < 1.29 is 0 Å². The van der Waals surface area contributed by atoms with Gasteiger partial charge in [0.05, 0.1) is 21.7 Å². The highest BCUT2D eigenvalue weighted by atomic mass is 35.5. The molecule has 0 radical (unpaired) electrons. The number of para-hydroxylation sites is 3. The van der Waals surface area contributed by atoms with Crippen molar-refractivity contribution >= 4 is 28.3 Å². The van der Waals surface area contributed by atoms with Gasteiger partial charge in [-0.3, -0.25) is 0 Å². The molecule has 3 nitrogen and oxygen atoms in total. The van der Waals surface area contributed by atoms with Gasteiger partial charge in [0.1, 0.15) is 5.82 Å². The SMILES string of the molecule is Nc1c(Cl)cccc1-c1nc2ccccc2[nH]1. The van der Waals surface area contributed by atoms with Crippen LogP contribution in [0.1, 0.15) is 0 Å². The number of anilines is 1. The number of rotatable bonds is 1. The summed E-state index contributed by atoms with van der Waals surface area (Å²) in [6.45, 7) is 0. The molecule has 0 saturated carbocycles. The number of hydrogen-bond acceptors (Lipinski definition) is 2. The topological polar surface area (TPSA) is 54.7 Å². The number of nitrogens with one attached hydrogen (secondary N) is 1. The largest absolute Gasteiger partial charge is 0.397 e. The van der Waals surface area contributed by atoms with E-state index >= 15 is 0 Å². The zero-order chi connectivity index (χ0) is 11.8. The summed E-state index contributed by atoms with van der Waals surface area (Å²) in [7, 11) is 0. The summed E-state index contributed by atoms with van der Waals surface area (Å²) >= 11 is 6.00. The van der Waals surface area contributed by atoms with Gasteiger partial charge in [-0.1, -0.05) is 29.8 Å². The number of aromatic nitrogens is 2. The summed E-state index contributed by atoms with van der Waals surface area (Å²) in [5.74, 6) is 0.742. The van der Waals surface area contributed by atoms with Gasteiger partial charge in [0.25, 0.3) is 0 Å². The van der Waals surface area contributed by atoms with Crippen LogP contribution < -0.4 is 5.73 Å². The number of H-pyrrole nitrogens is 1. The fraction of sp³-hybridized carbons (Fsp3) is 0. The molecule has 4 heteroatoms. The van der Waals surface area contributed by atoms with E-state index in [0.717, 1.165) is 22.4 Å². The summed E-state index contributed by atoms with van der Waals surface area (Å²) in [5.41, 5.74) is 9.23. The zero-order valence-corrected chi connectivity index (χ0v) is 9.70. The maximum absolute atomic E-state index is 6.00. The number of nitrogen functional groups attached to an aromatic ring is 1. The summed E-state index contributed by atoms with van der Waals surface area (Å²) in [6.07, 6.45) is 0. The van der Waals surface area contributed by atoms with Gasteiger partial charge in [0, 0.05) is 5.56 Å². The van der Waals surface area contributed by atoms with Gasteiger partial charge in [-0.25, -0.2) is 4.98 Å². The number of halogens is 1. The Morgan fingerprint density at radius 1 is 1.06 bits per heavy atom. The standard InChI is InChI=1S/C13H10ClN3/c14-9-5-3-4-8(12(9)15)13-16-10-6-1-2-7-11(10)17-13/h1-7H,15H2,(H,16,17). The summed E-state index contributed by atoms with van der Waals surface area (Å²) < 4.78 is 0. The predicted octanol–water partition coefficient (Wildman–Crippen LogP) is 3.47. The highest BCUT2D eigenvalue weighted by Gasteiger charge is 2.09. The van der Waals surface area contributed by atoms with Gasteiger partial charge < -0.3 is 10.7 Å². The highest BCUT2D eigenvalue weighted by Crippen LogP contribution is 2.30. The van der Waals surface area contributed by atoms with Crippen LogP contribution in [-0.4, -0.2) is 9.97 Å². The van der Waals surface area contributed by atoms with Gasteiger partial charge in [-0.15, -0.1) is 0 Å². The Hall–Kier alpha value is -2.00. The smallest absolute Gasteiger partial charge is 0.140 e. The molecule has 3 rings (SSSR count). The minimum absolute atomic E-state index is 0.544. The molecule has 3 N–H and O–H groups in total. The third-order valence-corrected chi connectivity index (χ3v) is 3.03. The molecule has 1 aromatic heterocycles. The minimum atomic E-state index is 0.544. The number of imidazole rings is 1. The second-order valence-electron chi connectivity index (χ2n) is 3.80. The van der Waals surface area contributed by atoms with E-state index in [-0.39, 0.29) is 0 Å². The lowest BCUT2D eigenvalue weighted by molar-refractivity contribution is 1.34. The van der Waals surface area contributed by atoms with E-state index in [1.165, 1.54) is 0 Å². The Morgan fingerprint density at radius 2 is 1.88 bits per heavy atom. The third kappa shape index (κ3) is 1.65. The first kappa shape index (κ1) is 10.2. The fourth-order valence-electron chi connectivity index (χ4n) is 1.82. The molecule has 17 heavy (non-hydrogen) atoms. The predicted molar refractivity (Wildman–Crippen MR) is 71.0 cm³/mol. The molecular weight excluding hydrogens is 234 g/mol. The van der Waals surface area contributed by atoms with Crippen molar-refractivity contribution in [2.24, 2.45) is 0 Å². The van der Waals surface area contributed by atoms with Crippen LogP contribution >= 0.6 is 11.6 Å². The van der Waals surface area contributed by atoms with Crippen LogP contribution in [0.2, 0.25) is 5.02 Å². The van der Waals surface area contributed by atoms with Crippen molar-refractivity contribution in [2.45, 2.75) is 0 Å². The molecule has 84 valence electrons. The average molecular weight is 244 g/mol. The zero-order valence-electron chi connectivity index (χ0n) is 8.94. The first-order chi connectivity index (χ1) is 8.25. The van der Waals surface area contributed by atoms with Gasteiger partial charge >= 0.3 is 0 Å². The Labute approximate surface area is 103 Å². The average Bonchev–Trinajstić information content (AvgIpc) is 2.76. The van der Waals surface area contributed by atoms with Crippen molar-refractivity contribution in [1.82, 2.24) is 9.97 Å². The fourth-order valence-corrected chi connectivity index (χ4v) is 2.00. The van der Waals surface area contributed by atoms with Gasteiger partial charge in [-0.05, 0) is 24.3 Å². The van der Waals surface area contributed by atoms with E-state index in [9.17, 15) is 0 Å². The van der Waals surface area contributed by atoms with Crippen LogP contribution in [0.3, 0.4) is 0 Å². The van der Waals surface area contributed by atoms with Crippen molar-refractivity contribution in [1.29, 1.82) is 0 Å². The molecule has 0 aliphatic heterocycles. The Balaban J connectivity index is 2.24. The maximum atomic E-state index is 6.00. The molecule has 3 aromatic rings. The lowest BCUT2D eigenvalue weighted by Gasteiger charge is -2.03. The third-order valence-electron chi connectivity index (χ3n) is 2.70. The molecule has 0 saturated heterocycles. The number of aromatic amines is 1. The second kappa shape index (κ2) is 3.79. The van der Waals surface area contributed by atoms with Crippen LogP contribution in [0.25, 0.3) is 22.4 Å². The molecule has 0 atom stereocenters. The molecule has 0 unspecified atom stereocenters. The lowest BCUT2D eigenvalue weighted by atomic mass is 10.2. The summed E-state index contributed by atoms with van der Waals surface area (Å²) in [4.78, 5) is 7.72. The van der Waals surface area contributed by atoms with Gasteiger partial charge in [-0.2, -0.15) is 0 Å². The molecule has 0 amide bonds. The van der Waals surface area contributed by atoms with Crippen LogP contribution in [0.5, 0.6) is 0 Å². The Kier molecular flexibility index (Phi) is 2.27. The summed E-state index contributed by atoms with van der Waals surface area (Å²) in [5, 5.41) is 0.544. The van der Waals surface area contributed by atoms with Crippen LogP contribution in [0.4, 0.5) is 5.69 Å². The number of nitrogens with zero attached hydrogens (tertiary/aromatic N) is 1. The molecule has 2 aromatic carbocycles. The Morgan fingerprint density at radius 3 is 2.71 bits per heavy atom.